The fraction of sp³-hybridized carbons (Fsp3) is 0.556. The molecule has 78 valence electrons. The summed E-state index contributed by atoms with van der Waals surface area (Å²) in [7, 11) is 0. The number of esters is 2. The minimum Gasteiger partial charge on any atom is -0.501 e. The monoisotopic (exact) mass is 200 g/mol. The molecule has 1 rings (SSSR count). The summed E-state index contributed by atoms with van der Waals surface area (Å²) < 4.78 is 9.30. The zero-order chi connectivity index (χ0) is 10.7. The maximum absolute atomic E-state index is 11.1. The second-order valence-corrected chi connectivity index (χ2v) is 2.97. The van der Waals surface area contributed by atoms with E-state index < -0.39 is 17.7 Å². The molecule has 5 nitrogen and oxygen atoms in total. The molecule has 0 spiro atoms. The van der Waals surface area contributed by atoms with Gasteiger partial charge in [-0.05, 0) is 13.8 Å². The smallest absolute Gasteiger partial charge is 0.373 e. The van der Waals surface area contributed by atoms with Gasteiger partial charge >= 0.3 is 11.9 Å². The van der Waals surface area contributed by atoms with Gasteiger partial charge in [0.2, 0.25) is 5.76 Å². The Morgan fingerprint density at radius 3 is 2.79 bits per heavy atom. The highest BCUT2D eigenvalue weighted by atomic mass is 16.6. The maximum atomic E-state index is 11.1. The number of carbonyl (C=O) groups excluding carboxylic acids is 2. The van der Waals surface area contributed by atoms with E-state index in [0.717, 1.165) is 0 Å². The minimum absolute atomic E-state index is 0.00375. The van der Waals surface area contributed by atoms with E-state index in [0.29, 0.717) is 0 Å². The van der Waals surface area contributed by atoms with Crippen LogP contribution >= 0.6 is 0 Å². The molecule has 0 aliphatic carbocycles. The second kappa shape index (κ2) is 4.13. The first-order valence-electron chi connectivity index (χ1n) is 4.36. The maximum Gasteiger partial charge on any atom is 0.373 e. The van der Waals surface area contributed by atoms with Crippen LogP contribution in [0.1, 0.15) is 20.3 Å². The van der Waals surface area contributed by atoms with Gasteiger partial charge in [-0.3, -0.25) is 0 Å². The van der Waals surface area contributed by atoms with Crippen molar-refractivity contribution < 1.29 is 24.2 Å². The number of cyclic esters (lactones) is 1. The normalized spacial score (nSPS) is 24.4. The van der Waals surface area contributed by atoms with Crippen molar-refractivity contribution in [1.29, 1.82) is 0 Å². The number of hydrogen-bond acceptors (Lipinski definition) is 5. The second-order valence-electron chi connectivity index (χ2n) is 2.97. The summed E-state index contributed by atoms with van der Waals surface area (Å²) in [5.74, 6) is -2.17. The molecule has 0 aromatic heterocycles. The quantitative estimate of drug-likeness (QED) is 0.403. The average molecular weight is 200 g/mol. The predicted octanol–water partition coefficient (Wildman–Crippen LogP) is 0.697. The summed E-state index contributed by atoms with van der Waals surface area (Å²) in [6.45, 7) is 3.45. The van der Waals surface area contributed by atoms with E-state index in [2.05, 4.69) is 4.74 Å². The van der Waals surface area contributed by atoms with Gasteiger partial charge in [0.15, 0.2) is 0 Å². The molecule has 1 aliphatic heterocycles. The highest BCUT2D eigenvalue weighted by Gasteiger charge is 2.31. The van der Waals surface area contributed by atoms with Crippen LogP contribution in [0.15, 0.2) is 11.3 Å². The van der Waals surface area contributed by atoms with Crippen molar-refractivity contribution in [3.63, 3.8) is 0 Å². The van der Waals surface area contributed by atoms with Crippen molar-refractivity contribution in [2.45, 2.75) is 26.4 Å². The number of aliphatic hydroxyl groups is 1. The molecule has 1 saturated heterocycles. The van der Waals surface area contributed by atoms with E-state index >= 15 is 0 Å². The summed E-state index contributed by atoms with van der Waals surface area (Å²) in [6, 6.07) is 0. The van der Waals surface area contributed by atoms with Crippen LogP contribution in [0.25, 0.3) is 0 Å². The van der Waals surface area contributed by atoms with Gasteiger partial charge in [-0.2, -0.15) is 0 Å². The molecule has 1 atom stereocenters. The Morgan fingerprint density at radius 2 is 2.36 bits per heavy atom. The van der Waals surface area contributed by atoms with Gasteiger partial charge in [-0.1, -0.05) is 0 Å². The number of aliphatic hydroxyl groups excluding tert-OH is 1. The van der Waals surface area contributed by atoms with Crippen LogP contribution in [-0.4, -0.2) is 29.8 Å². The molecule has 1 unspecified atom stereocenters. The van der Waals surface area contributed by atoms with Gasteiger partial charge in [-0.15, -0.1) is 0 Å². The lowest BCUT2D eigenvalue weighted by Crippen LogP contribution is -2.11. The van der Waals surface area contributed by atoms with Crippen LogP contribution in [0.5, 0.6) is 0 Å². The van der Waals surface area contributed by atoms with Gasteiger partial charge in [0.05, 0.1) is 12.2 Å². The number of rotatable bonds is 2. The standard InChI is InChI=1S/C9H12O5/c1-3-13-9(12)7(10)6-4-5(2)14-8(6)11/h5,10H,3-4H2,1-2H3/b7-6-. The van der Waals surface area contributed by atoms with Gasteiger partial charge < -0.3 is 14.6 Å². The van der Waals surface area contributed by atoms with Crippen LogP contribution in [0.3, 0.4) is 0 Å². The number of hydrogen-bond donors (Lipinski definition) is 1. The van der Waals surface area contributed by atoms with E-state index in [9.17, 15) is 14.7 Å². The molecule has 0 aromatic carbocycles. The Balaban J connectivity index is 2.83. The number of carbonyl (C=O) groups is 2. The average Bonchev–Trinajstić information content (AvgIpc) is 2.44. The Bertz CT molecular complexity index is 292. The zero-order valence-electron chi connectivity index (χ0n) is 8.07. The van der Waals surface area contributed by atoms with Crippen molar-refractivity contribution in [1.82, 2.24) is 0 Å². The zero-order valence-corrected chi connectivity index (χ0v) is 8.07. The van der Waals surface area contributed by atoms with E-state index in [4.69, 9.17) is 4.74 Å². The van der Waals surface area contributed by atoms with Crippen LogP contribution in [-0.2, 0) is 19.1 Å². The van der Waals surface area contributed by atoms with E-state index in [1.165, 1.54) is 0 Å². The summed E-state index contributed by atoms with van der Waals surface area (Å²) in [5, 5.41) is 9.34. The number of ether oxygens (including phenoxy) is 2. The minimum atomic E-state index is -0.881. The first-order chi connectivity index (χ1) is 6.56. The third kappa shape index (κ3) is 2.04. The molecule has 1 aliphatic rings. The SMILES string of the molecule is CCOC(=O)/C(O)=C1\CC(C)OC1=O. The molecule has 0 saturated carbocycles. The first-order valence-corrected chi connectivity index (χ1v) is 4.36. The molecule has 14 heavy (non-hydrogen) atoms. The Kier molecular flexibility index (Phi) is 3.11. The van der Waals surface area contributed by atoms with Crippen LogP contribution in [0.2, 0.25) is 0 Å². The summed E-state index contributed by atoms with van der Waals surface area (Å²) in [6.07, 6.45) is -0.0576. The Labute approximate surface area is 81.3 Å². The lowest BCUT2D eigenvalue weighted by atomic mass is 10.1. The first kappa shape index (κ1) is 10.6. The Hall–Kier alpha value is -1.52. The van der Waals surface area contributed by atoms with Crippen molar-refractivity contribution in [3.8, 4) is 0 Å². The third-order valence-corrected chi connectivity index (χ3v) is 1.80. The summed E-state index contributed by atoms with van der Waals surface area (Å²) >= 11 is 0. The van der Waals surface area contributed by atoms with Gasteiger partial charge in [0.1, 0.15) is 6.10 Å². The van der Waals surface area contributed by atoms with E-state index in [1.807, 2.05) is 0 Å². The molecule has 0 bridgehead atoms. The van der Waals surface area contributed by atoms with E-state index in [1.54, 1.807) is 13.8 Å². The molecular weight excluding hydrogens is 188 g/mol. The van der Waals surface area contributed by atoms with Gasteiger partial charge in [-0.25, -0.2) is 9.59 Å². The highest BCUT2D eigenvalue weighted by Crippen LogP contribution is 2.22. The molecular formula is C9H12O5. The fourth-order valence-electron chi connectivity index (χ4n) is 1.18. The summed E-state index contributed by atoms with van der Waals surface area (Å²) in [5.41, 5.74) is -0.00375. The molecule has 1 N–H and O–H groups in total. The van der Waals surface area contributed by atoms with Crippen LogP contribution < -0.4 is 0 Å². The fourth-order valence-corrected chi connectivity index (χ4v) is 1.18. The van der Waals surface area contributed by atoms with Crippen molar-refractivity contribution in [2.24, 2.45) is 0 Å². The molecule has 0 amide bonds. The molecule has 0 radical (unpaired) electrons. The molecule has 5 heteroatoms. The van der Waals surface area contributed by atoms with Crippen LogP contribution in [0.4, 0.5) is 0 Å². The van der Waals surface area contributed by atoms with Gasteiger partial charge in [0.25, 0.3) is 0 Å². The molecule has 0 aromatic rings. The largest absolute Gasteiger partial charge is 0.501 e. The van der Waals surface area contributed by atoms with Crippen molar-refractivity contribution in [2.75, 3.05) is 6.61 Å². The third-order valence-electron chi connectivity index (χ3n) is 1.80. The lowest BCUT2D eigenvalue weighted by molar-refractivity contribution is -0.143. The predicted molar refractivity (Wildman–Crippen MR) is 46.5 cm³/mol. The van der Waals surface area contributed by atoms with Crippen LogP contribution in [0, 0.1) is 0 Å². The molecule has 1 fully saturated rings. The summed E-state index contributed by atoms with van der Waals surface area (Å²) in [4.78, 5) is 22.1. The van der Waals surface area contributed by atoms with Gasteiger partial charge in [0, 0.05) is 6.42 Å². The Morgan fingerprint density at radius 1 is 1.71 bits per heavy atom. The van der Waals surface area contributed by atoms with Crippen molar-refractivity contribution >= 4 is 11.9 Å². The lowest BCUT2D eigenvalue weighted by Gasteiger charge is -2.01. The van der Waals surface area contributed by atoms with E-state index in [-0.39, 0.29) is 24.7 Å². The highest BCUT2D eigenvalue weighted by molar-refractivity contribution is 5.99. The topological polar surface area (TPSA) is 72.8 Å². The van der Waals surface area contributed by atoms with Crippen molar-refractivity contribution in [3.05, 3.63) is 11.3 Å². The molecule has 1 heterocycles.